The zero-order valence-corrected chi connectivity index (χ0v) is 17.4. The largest absolute Gasteiger partial charge is 0.493 e. The fraction of sp³-hybridized carbons (Fsp3) is 0.333. The number of rotatable bonds is 8. The Labute approximate surface area is 174 Å². The normalized spacial score (nSPS) is 10.4. The van der Waals surface area contributed by atoms with Gasteiger partial charge in [-0.2, -0.15) is 0 Å². The van der Waals surface area contributed by atoms with Crippen molar-refractivity contribution in [2.24, 2.45) is 5.92 Å². The number of aryl methyl sites for hydroxylation is 1. The summed E-state index contributed by atoms with van der Waals surface area (Å²) in [6.07, 6.45) is 0.888. The van der Waals surface area contributed by atoms with Gasteiger partial charge in [0.2, 0.25) is 0 Å². The molecule has 0 unspecified atom stereocenters. The molecule has 160 valence electrons. The van der Waals surface area contributed by atoms with E-state index in [4.69, 9.17) is 9.47 Å². The van der Waals surface area contributed by atoms with Crippen molar-refractivity contribution >= 4 is 17.5 Å². The van der Waals surface area contributed by atoms with E-state index in [2.05, 4.69) is 24.7 Å². The molecular formula is C21H25N3O6. The summed E-state index contributed by atoms with van der Waals surface area (Å²) in [5.41, 5.74) is 5.32. The van der Waals surface area contributed by atoms with Gasteiger partial charge >= 0.3 is 0 Å². The van der Waals surface area contributed by atoms with E-state index in [0.29, 0.717) is 29.6 Å². The number of amides is 2. The summed E-state index contributed by atoms with van der Waals surface area (Å²) in [4.78, 5) is 34.9. The fourth-order valence-corrected chi connectivity index (χ4v) is 2.59. The van der Waals surface area contributed by atoms with Crippen LogP contribution in [0.1, 0.15) is 46.5 Å². The van der Waals surface area contributed by atoms with Crippen LogP contribution in [0, 0.1) is 23.0 Å². The van der Waals surface area contributed by atoms with E-state index in [1.807, 2.05) is 0 Å². The first-order valence-electron chi connectivity index (χ1n) is 9.39. The number of carbonyl (C=O) groups excluding carboxylic acids is 2. The molecule has 2 N–H and O–H groups in total. The zero-order valence-electron chi connectivity index (χ0n) is 17.4. The number of hydrazine groups is 1. The van der Waals surface area contributed by atoms with Gasteiger partial charge in [-0.3, -0.25) is 30.6 Å². The zero-order chi connectivity index (χ0) is 22.3. The van der Waals surface area contributed by atoms with Crippen molar-refractivity contribution in [3.05, 3.63) is 63.2 Å². The van der Waals surface area contributed by atoms with Crippen LogP contribution in [0.25, 0.3) is 0 Å². The SMILES string of the molecule is COc1cc(C(=O)NNC(=O)c2ccc([N+](=O)[O-])c(C)c2)ccc1OCCC(C)C. The number of nitrogens with zero attached hydrogens (tertiary/aromatic N) is 1. The maximum atomic E-state index is 12.4. The second-order valence-corrected chi connectivity index (χ2v) is 7.06. The minimum atomic E-state index is -0.595. The van der Waals surface area contributed by atoms with Crippen LogP contribution in [-0.2, 0) is 0 Å². The molecule has 0 aliphatic rings. The second kappa shape index (κ2) is 10.2. The molecule has 0 aromatic heterocycles. The van der Waals surface area contributed by atoms with Crippen molar-refractivity contribution in [3.63, 3.8) is 0 Å². The molecule has 0 aliphatic heterocycles. The summed E-state index contributed by atoms with van der Waals surface area (Å²) < 4.78 is 11.0. The molecule has 0 saturated carbocycles. The number of carbonyl (C=O) groups is 2. The summed E-state index contributed by atoms with van der Waals surface area (Å²) in [6, 6.07) is 8.66. The highest BCUT2D eigenvalue weighted by molar-refractivity contribution is 5.99. The molecule has 2 aromatic carbocycles. The lowest BCUT2D eigenvalue weighted by atomic mass is 10.1. The number of nitrogens with one attached hydrogen (secondary N) is 2. The minimum absolute atomic E-state index is 0.0848. The van der Waals surface area contributed by atoms with Crippen molar-refractivity contribution in [2.45, 2.75) is 27.2 Å². The molecule has 0 spiro atoms. The number of methoxy groups -OCH3 is 1. The van der Waals surface area contributed by atoms with Gasteiger partial charge in [0.05, 0.1) is 18.6 Å². The van der Waals surface area contributed by atoms with E-state index in [-0.39, 0.29) is 16.8 Å². The van der Waals surface area contributed by atoms with Crippen molar-refractivity contribution in [3.8, 4) is 11.5 Å². The lowest BCUT2D eigenvalue weighted by molar-refractivity contribution is -0.385. The van der Waals surface area contributed by atoms with Gasteiger partial charge in [-0.25, -0.2) is 0 Å². The predicted molar refractivity (Wildman–Crippen MR) is 111 cm³/mol. The average molecular weight is 415 g/mol. The fourth-order valence-electron chi connectivity index (χ4n) is 2.59. The summed E-state index contributed by atoms with van der Waals surface area (Å²) in [6.45, 7) is 6.26. The van der Waals surface area contributed by atoms with E-state index in [1.165, 1.54) is 38.3 Å². The third-order valence-electron chi connectivity index (χ3n) is 4.32. The number of benzene rings is 2. The Hall–Kier alpha value is -3.62. The van der Waals surface area contributed by atoms with Crippen LogP contribution in [0.3, 0.4) is 0 Å². The Kier molecular flexibility index (Phi) is 7.74. The van der Waals surface area contributed by atoms with Gasteiger partial charge in [-0.1, -0.05) is 13.8 Å². The number of hydrogen-bond donors (Lipinski definition) is 2. The molecule has 2 rings (SSSR count). The third-order valence-corrected chi connectivity index (χ3v) is 4.32. The van der Waals surface area contributed by atoms with Gasteiger partial charge in [0.15, 0.2) is 11.5 Å². The van der Waals surface area contributed by atoms with Crippen LogP contribution in [0.5, 0.6) is 11.5 Å². The first-order valence-corrected chi connectivity index (χ1v) is 9.39. The third kappa shape index (κ3) is 5.94. The highest BCUT2D eigenvalue weighted by atomic mass is 16.6. The lowest BCUT2D eigenvalue weighted by Crippen LogP contribution is -2.41. The summed E-state index contributed by atoms with van der Waals surface area (Å²) >= 11 is 0. The average Bonchev–Trinajstić information content (AvgIpc) is 2.71. The molecule has 0 bridgehead atoms. The Bertz CT molecular complexity index is 942. The van der Waals surface area contributed by atoms with Crippen molar-refractivity contribution in [1.82, 2.24) is 10.9 Å². The molecule has 9 heteroatoms. The van der Waals surface area contributed by atoms with Crippen LogP contribution >= 0.6 is 0 Å². The lowest BCUT2D eigenvalue weighted by Gasteiger charge is -2.13. The Balaban J connectivity index is 2.01. The van der Waals surface area contributed by atoms with E-state index in [0.717, 1.165) is 6.42 Å². The Morgan fingerprint density at radius 2 is 1.63 bits per heavy atom. The summed E-state index contributed by atoms with van der Waals surface area (Å²) in [5.74, 6) is 0.295. The van der Waals surface area contributed by atoms with Gasteiger partial charge in [0.1, 0.15) is 0 Å². The van der Waals surface area contributed by atoms with Crippen LogP contribution in [0.2, 0.25) is 0 Å². The number of nitro groups is 1. The number of ether oxygens (including phenoxy) is 2. The van der Waals surface area contributed by atoms with Crippen molar-refractivity contribution in [2.75, 3.05) is 13.7 Å². The van der Waals surface area contributed by atoms with Gasteiger partial charge in [-0.05, 0) is 49.6 Å². The van der Waals surface area contributed by atoms with E-state index in [1.54, 1.807) is 12.1 Å². The van der Waals surface area contributed by atoms with Gasteiger partial charge in [-0.15, -0.1) is 0 Å². The minimum Gasteiger partial charge on any atom is -0.493 e. The molecular weight excluding hydrogens is 390 g/mol. The molecule has 0 heterocycles. The summed E-state index contributed by atoms with van der Waals surface area (Å²) in [7, 11) is 1.48. The first kappa shape index (κ1) is 22.7. The van der Waals surface area contributed by atoms with E-state index in [9.17, 15) is 19.7 Å². The molecule has 0 aliphatic carbocycles. The molecule has 0 fully saturated rings. The van der Waals surface area contributed by atoms with Gasteiger partial charge in [0.25, 0.3) is 17.5 Å². The molecule has 2 aromatic rings. The molecule has 0 saturated heterocycles. The summed E-state index contributed by atoms with van der Waals surface area (Å²) in [5, 5.41) is 10.9. The molecule has 9 nitrogen and oxygen atoms in total. The van der Waals surface area contributed by atoms with Crippen LogP contribution in [-0.4, -0.2) is 30.5 Å². The Morgan fingerprint density at radius 1 is 1.03 bits per heavy atom. The van der Waals surface area contributed by atoms with Crippen LogP contribution < -0.4 is 20.3 Å². The van der Waals surface area contributed by atoms with Crippen LogP contribution in [0.15, 0.2) is 36.4 Å². The predicted octanol–water partition coefficient (Wildman–Crippen LogP) is 3.41. The smallest absolute Gasteiger partial charge is 0.272 e. The highest BCUT2D eigenvalue weighted by Gasteiger charge is 2.16. The Morgan fingerprint density at radius 3 is 2.17 bits per heavy atom. The second-order valence-electron chi connectivity index (χ2n) is 7.06. The molecule has 2 amide bonds. The van der Waals surface area contributed by atoms with E-state index < -0.39 is 16.7 Å². The van der Waals surface area contributed by atoms with Crippen molar-refractivity contribution < 1.29 is 24.0 Å². The topological polar surface area (TPSA) is 120 Å². The molecule has 0 radical (unpaired) electrons. The molecule has 30 heavy (non-hydrogen) atoms. The standard InChI is InChI=1S/C21H25N3O6/c1-13(2)9-10-30-18-8-6-16(12-19(18)29-4)21(26)23-22-20(25)15-5-7-17(24(27)28)14(3)11-15/h5-8,11-13H,9-10H2,1-4H3,(H,22,25)(H,23,26). The number of hydrogen-bond acceptors (Lipinski definition) is 6. The highest BCUT2D eigenvalue weighted by Crippen LogP contribution is 2.28. The van der Waals surface area contributed by atoms with Crippen LogP contribution in [0.4, 0.5) is 5.69 Å². The van der Waals surface area contributed by atoms with Gasteiger partial charge in [0, 0.05) is 22.8 Å². The van der Waals surface area contributed by atoms with E-state index >= 15 is 0 Å². The maximum absolute atomic E-state index is 12.4. The first-order chi connectivity index (χ1) is 14.2. The monoisotopic (exact) mass is 415 g/mol. The van der Waals surface area contributed by atoms with Gasteiger partial charge < -0.3 is 9.47 Å². The molecule has 0 atom stereocenters. The maximum Gasteiger partial charge on any atom is 0.272 e. The number of nitro benzene ring substituents is 1. The quantitative estimate of drug-likeness (QED) is 0.504. The van der Waals surface area contributed by atoms with Crippen molar-refractivity contribution in [1.29, 1.82) is 0 Å².